The Hall–Kier alpha value is 0.484. The van der Waals surface area contributed by atoms with Crippen molar-refractivity contribution >= 4 is 29.5 Å². The van der Waals surface area contributed by atoms with Gasteiger partial charge in [0.2, 0.25) is 0 Å². The molecule has 0 N–H and O–H groups in total. The monoisotopic (exact) mass is 374 g/mol. The van der Waals surface area contributed by atoms with E-state index < -0.39 is 17.9 Å². The minimum absolute atomic E-state index is 0.435. The van der Waals surface area contributed by atoms with E-state index in [1.165, 1.54) is 0 Å². The molecule has 22 heavy (non-hydrogen) atoms. The van der Waals surface area contributed by atoms with Gasteiger partial charge in [0.05, 0.1) is 0 Å². The summed E-state index contributed by atoms with van der Waals surface area (Å²) in [5, 5.41) is 0. The van der Waals surface area contributed by atoms with E-state index in [2.05, 4.69) is 0 Å². The van der Waals surface area contributed by atoms with Crippen LogP contribution in [-0.2, 0) is 26.2 Å². The molecule has 0 unspecified atom stereocenters. The van der Waals surface area contributed by atoms with E-state index in [0.29, 0.717) is 45.0 Å². The van der Waals surface area contributed by atoms with E-state index in [9.17, 15) is 0 Å². The van der Waals surface area contributed by atoms with Gasteiger partial charge < -0.3 is 26.2 Å². The van der Waals surface area contributed by atoms with Gasteiger partial charge in [-0.25, -0.2) is 0 Å². The predicted octanol–water partition coefficient (Wildman–Crippen LogP) is 3.19. The van der Waals surface area contributed by atoms with Gasteiger partial charge in [0.25, 0.3) is 0 Å². The number of alkyl halides is 1. The zero-order valence-electron chi connectivity index (χ0n) is 14.5. The molecule has 0 rings (SSSR count). The van der Waals surface area contributed by atoms with Crippen LogP contribution in [0.25, 0.3) is 0 Å². The van der Waals surface area contributed by atoms with Crippen molar-refractivity contribution in [2.75, 3.05) is 38.9 Å². The van der Waals surface area contributed by atoms with E-state index in [-0.39, 0.29) is 0 Å². The Morgan fingerprint density at radius 3 is 1.41 bits per heavy atom. The Labute approximate surface area is 142 Å². The molecule has 0 amide bonds. The van der Waals surface area contributed by atoms with Crippen LogP contribution in [0.2, 0.25) is 6.04 Å². The second kappa shape index (κ2) is 12.9. The normalized spacial score (nSPS) is 12.8. The average Bonchev–Trinajstić information content (AvgIpc) is 2.46. The molecule has 0 radical (unpaired) electrons. The number of halogens is 1. The quantitative estimate of drug-likeness (QED) is 0.324. The lowest BCUT2D eigenvalue weighted by Gasteiger charge is -2.36. The third kappa shape index (κ3) is 7.84. The van der Waals surface area contributed by atoms with Crippen molar-refractivity contribution in [1.29, 1.82) is 0 Å². The average molecular weight is 375 g/mol. The summed E-state index contributed by atoms with van der Waals surface area (Å²) in [5.74, 6) is 0.519. The van der Waals surface area contributed by atoms with Crippen molar-refractivity contribution in [1.82, 2.24) is 0 Å². The standard InChI is InChI=1S/C13H31ClO6Si2/c1-6-15-21(16-7-2,13-11-12-14)20-22(17-8-3,18-9-4)19-10-5/h6-13H2,1-5H3. The second-order valence-electron chi connectivity index (χ2n) is 4.24. The molecule has 0 saturated carbocycles. The molecule has 6 nitrogen and oxygen atoms in total. The highest BCUT2D eigenvalue weighted by Crippen LogP contribution is 2.25. The van der Waals surface area contributed by atoms with E-state index in [4.69, 9.17) is 37.8 Å². The van der Waals surface area contributed by atoms with E-state index in [0.717, 1.165) is 6.42 Å². The number of hydrogen-bond acceptors (Lipinski definition) is 6. The first-order valence-electron chi connectivity index (χ1n) is 8.03. The smallest absolute Gasteiger partial charge is 0.374 e. The van der Waals surface area contributed by atoms with Crippen molar-refractivity contribution in [2.24, 2.45) is 0 Å². The minimum Gasteiger partial charge on any atom is -0.374 e. The van der Waals surface area contributed by atoms with Gasteiger partial charge in [-0.1, -0.05) is 0 Å². The van der Waals surface area contributed by atoms with Gasteiger partial charge >= 0.3 is 17.9 Å². The number of hydrogen-bond donors (Lipinski definition) is 0. The topological polar surface area (TPSA) is 55.4 Å². The van der Waals surface area contributed by atoms with Gasteiger partial charge in [-0.2, -0.15) is 0 Å². The first-order chi connectivity index (χ1) is 10.6. The molecule has 9 heteroatoms. The summed E-state index contributed by atoms with van der Waals surface area (Å²) in [6.45, 7) is 11.8. The summed E-state index contributed by atoms with van der Waals surface area (Å²) in [6.07, 6.45) is 0.739. The molecular weight excluding hydrogens is 344 g/mol. The Morgan fingerprint density at radius 1 is 0.682 bits per heavy atom. The van der Waals surface area contributed by atoms with Crippen molar-refractivity contribution in [3.63, 3.8) is 0 Å². The number of rotatable bonds is 15. The summed E-state index contributed by atoms with van der Waals surface area (Å²) in [7, 11) is -6.25. The van der Waals surface area contributed by atoms with Crippen molar-refractivity contribution < 1.29 is 26.2 Å². The van der Waals surface area contributed by atoms with Crippen LogP contribution < -0.4 is 0 Å². The van der Waals surface area contributed by atoms with E-state index in [1.807, 2.05) is 34.6 Å². The summed E-state index contributed by atoms with van der Waals surface area (Å²) in [6, 6.07) is 0.611. The molecular formula is C13H31ClO6Si2. The van der Waals surface area contributed by atoms with E-state index >= 15 is 0 Å². The molecule has 134 valence electrons. The Bertz CT molecular complexity index is 250. The lowest BCUT2D eigenvalue weighted by atomic mass is 10.6. The fourth-order valence-electron chi connectivity index (χ4n) is 1.95. The SMILES string of the molecule is CCO[Si](CCCCl)(OCC)O[Si](OCC)(OCC)OCC. The lowest BCUT2D eigenvalue weighted by Crippen LogP contribution is -2.60. The molecule has 0 aliphatic carbocycles. The highest BCUT2D eigenvalue weighted by atomic mass is 35.5. The third-order valence-electron chi connectivity index (χ3n) is 2.59. The van der Waals surface area contributed by atoms with Crippen LogP contribution in [0.3, 0.4) is 0 Å². The minimum atomic E-state index is -3.29. The van der Waals surface area contributed by atoms with Crippen molar-refractivity contribution in [3.05, 3.63) is 0 Å². The molecule has 0 aliphatic heterocycles. The largest absolute Gasteiger partial charge is 0.672 e. The Morgan fingerprint density at radius 2 is 1.09 bits per heavy atom. The molecule has 0 aromatic rings. The highest BCUT2D eigenvalue weighted by Gasteiger charge is 2.56. The molecule has 0 aromatic heterocycles. The molecule has 0 spiro atoms. The molecule has 0 aromatic carbocycles. The van der Waals surface area contributed by atoms with Gasteiger partial charge in [0.1, 0.15) is 0 Å². The zero-order chi connectivity index (χ0) is 16.9. The molecule has 0 atom stereocenters. The fraction of sp³-hybridized carbons (Fsp3) is 1.00. The maximum absolute atomic E-state index is 6.24. The van der Waals surface area contributed by atoms with Crippen LogP contribution in [0.1, 0.15) is 41.0 Å². The molecule has 0 saturated heterocycles. The zero-order valence-corrected chi connectivity index (χ0v) is 17.2. The van der Waals surface area contributed by atoms with Crippen LogP contribution in [0.5, 0.6) is 0 Å². The predicted molar refractivity (Wildman–Crippen MR) is 90.9 cm³/mol. The first-order valence-corrected chi connectivity index (χ1v) is 12.1. The summed E-state index contributed by atoms with van der Waals surface area (Å²) in [5.41, 5.74) is 0. The van der Waals surface area contributed by atoms with Crippen molar-refractivity contribution in [3.8, 4) is 0 Å². The van der Waals surface area contributed by atoms with Gasteiger partial charge in [0, 0.05) is 45.0 Å². The molecule has 0 aliphatic rings. The molecule has 0 fully saturated rings. The van der Waals surface area contributed by atoms with Gasteiger partial charge in [-0.05, 0) is 41.0 Å². The van der Waals surface area contributed by atoms with E-state index in [1.54, 1.807) is 0 Å². The summed E-state index contributed by atoms with van der Waals surface area (Å²) < 4.78 is 35.3. The first kappa shape index (κ1) is 22.5. The van der Waals surface area contributed by atoms with Gasteiger partial charge in [-0.3, -0.25) is 0 Å². The third-order valence-corrected chi connectivity index (χ3v) is 9.45. The summed E-state index contributed by atoms with van der Waals surface area (Å²) in [4.78, 5) is 0. The fourth-order valence-corrected chi connectivity index (χ4v) is 8.59. The van der Waals surface area contributed by atoms with Gasteiger partial charge in [0.15, 0.2) is 0 Å². The van der Waals surface area contributed by atoms with Gasteiger partial charge in [-0.15, -0.1) is 11.6 Å². The lowest BCUT2D eigenvalue weighted by molar-refractivity contribution is -0.0223. The van der Waals surface area contributed by atoms with Crippen LogP contribution >= 0.6 is 11.6 Å². The van der Waals surface area contributed by atoms with Crippen LogP contribution in [0.15, 0.2) is 0 Å². The Kier molecular flexibility index (Phi) is 13.1. The molecule has 0 bridgehead atoms. The maximum atomic E-state index is 6.24. The second-order valence-corrected chi connectivity index (χ2v) is 9.75. The van der Waals surface area contributed by atoms with Crippen LogP contribution in [0, 0.1) is 0 Å². The maximum Gasteiger partial charge on any atom is 0.672 e. The highest BCUT2D eigenvalue weighted by molar-refractivity contribution is 6.72. The van der Waals surface area contributed by atoms with Crippen LogP contribution in [-0.4, -0.2) is 56.8 Å². The summed E-state index contributed by atoms with van der Waals surface area (Å²) >= 11 is 5.84. The Balaban J connectivity index is 5.35. The molecule has 0 heterocycles. The van der Waals surface area contributed by atoms with Crippen LogP contribution in [0.4, 0.5) is 0 Å². The van der Waals surface area contributed by atoms with Crippen molar-refractivity contribution in [2.45, 2.75) is 47.1 Å².